The fourth-order valence-corrected chi connectivity index (χ4v) is 1.14. The Hall–Kier alpha value is -2.30. The fraction of sp³-hybridized carbons (Fsp3) is 0.0909. The molecule has 0 fully saturated rings. The van der Waals surface area contributed by atoms with Gasteiger partial charge in [-0.1, -0.05) is 0 Å². The first kappa shape index (κ1) is 10.2. The number of hydrazone groups is 1. The minimum absolute atomic E-state index is 0.219. The first-order chi connectivity index (χ1) is 7.77. The van der Waals surface area contributed by atoms with E-state index in [1.807, 2.05) is 0 Å². The zero-order chi connectivity index (χ0) is 11.4. The predicted octanol–water partition coefficient (Wildman–Crippen LogP) is 2.03. The molecule has 1 N–H and O–H groups in total. The van der Waals surface area contributed by atoms with Gasteiger partial charge in [0.1, 0.15) is 11.5 Å². The second-order valence-corrected chi connectivity index (χ2v) is 3.09. The zero-order valence-corrected chi connectivity index (χ0v) is 8.64. The Bertz CT molecular complexity index is 483. The zero-order valence-electron chi connectivity index (χ0n) is 8.64. The molecule has 0 aromatic carbocycles. The van der Waals surface area contributed by atoms with Crippen molar-refractivity contribution >= 4 is 11.6 Å². The van der Waals surface area contributed by atoms with E-state index in [0.717, 1.165) is 0 Å². The van der Waals surface area contributed by atoms with Gasteiger partial charge in [0.2, 0.25) is 0 Å². The summed E-state index contributed by atoms with van der Waals surface area (Å²) in [5, 5.41) is 3.89. The van der Waals surface area contributed by atoms with Gasteiger partial charge in [-0.3, -0.25) is 4.79 Å². The summed E-state index contributed by atoms with van der Waals surface area (Å²) < 4.78 is 10.0. The fourth-order valence-electron chi connectivity index (χ4n) is 1.14. The topological polar surface area (TPSA) is 67.7 Å². The van der Waals surface area contributed by atoms with Crippen molar-refractivity contribution in [2.75, 3.05) is 0 Å². The minimum atomic E-state index is -0.393. The van der Waals surface area contributed by atoms with Crippen LogP contribution >= 0.6 is 0 Å². The van der Waals surface area contributed by atoms with Crippen molar-refractivity contribution in [2.24, 2.45) is 5.10 Å². The summed E-state index contributed by atoms with van der Waals surface area (Å²) >= 11 is 0. The Balaban J connectivity index is 2.02. The van der Waals surface area contributed by atoms with Crippen LogP contribution in [0.25, 0.3) is 0 Å². The van der Waals surface area contributed by atoms with E-state index in [9.17, 15) is 4.79 Å². The number of rotatable bonds is 3. The average Bonchev–Trinajstić information content (AvgIpc) is 2.95. The van der Waals surface area contributed by atoms with E-state index < -0.39 is 5.91 Å². The SMILES string of the molecule is CC(=NNC(=O)c1ccco1)c1ccco1. The van der Waals surface area contributed by atoms with Crippen LogP contribution in [-0.4, -0.2) is 11.6 Å². The largest absolute Gasteiger partial charge is 0.463 e. The summed E-state index contributed by atoms with van der Waals surface area (Å²) in [5.74, 6) is 0.437. The smallest absolute Gasteiger partial charge is 0.307 e. The van der Waals surface area contributed by atoms with E-state index in [4.69, 9.17) is 8.83 Å². The summed E-state index contributed by atoms with van der Waals surface area (Å²) in [6, 6.07) is 6.71. The second-order valence-electron chi connectivity index (χ2n) is 3.09. The Morgan fingerprint density at radius 3 is 2.38 bits per heavy atom. The predicted molar refractivity (Wildman–Crippen MR) is 57.1 cm³/mol. The molecule has 0 aliphatic carbocycles. The molecule has 0 spiro atoms. The van der Waals surface area contributed by atoms with Crippen LogP contribution in [0.15, 0.2) is 50.7 Å². The summed E-state index contributed by atoms with van der Waals surface area (Å²) in [6.07, 6.45) is 2.97. The first-order valence-electron chi connectivity index (χ1n) is 4.69. The van der Waals surface area contributed by atoms with Gasteiger partial charge in [-0.15, -0.1) is 0 Å². The first-order valence-corrected chi connectivity index (χ1v) is 4.69. The summed E-state index contributed by atoms with van der Waals surface area (Å²) in [4.78, 5) is 11.4. The highest BCUT2D eigenvalue weighted by Gasteiger charge is 2.07. The van der Waals surface area contributed by atoms with Gasteiger partial charge in [-0.25, -0.2) is 5.43 Å². The van der Waals surface area contributed by atoms with Crippen molar-refractivity contribution < 1.29 is 13.6 Å². The molecule has 5 heteroatoms. The molecule has 2 heterocycles. The van der Waals surface area contributed by atoms with Crippen LogP contribution in [-0.2, 0) is 0 Å². The lowest BCUT2D eigenvalue weighted by molar-refractivity contribution is 0.0927. The third-order valence-corrected chi connectivity index (χ3v) is 1.95. The molecule has 0 aliphatic rings. The normalized spacial score (nSPS) is 11.4. The van der Waals surface area contributed by atoms with Crippen molar-refractivity contribution in [3.8, 4) is 0 Å². The van der Waals surface area contributed by atoms with Gasteiger partial charge in [0.25, 0.3) is 0 Å². The van der Waals surface area contributed by atoms with E-state index >= 15 is 0 Å². The van der Waals surface area contributed by atoms with Crippen LogP contribution < -0.4 is 5.43 Å². The van der Waals surface area contributed by atoms with Crippen LogP contribution in [0, 0.1) is 0 Å². The van der Waals surface area contributed by atoms with Crippen LogP contribution in [0.1, 0.15) is 23.2 Å². The van der Waals surface area contributed by atoms with Crippen LogP contribution in [0.2, 0.25) is 0 Å². The maximum atomic E-state index is 11.4. The Morgan fingerprint density at radius 1 is 1.19 bits per heavy atom. The van der Waals surface area contributed by atoms with E-state index in [1.54, 1.807) is 37.5 Å². The number of hydrogen-bond acceptors (Lipinski definition) is 4. The molecule has 2 aromatic heterocycles. The number of amides is 1. The Morgan fingerprint density at radius 2 is 1.81 bits per heavy atom. The van der Waals surface area contributed by atoms with E-state index in [0.29, 0.717) is 11.5 Å². The molecule has 0 aliphatic heterocycles. The quantitative estimate of drug-likeness (QED) is 0.633. The van der Waals surface area contributed by atoms with E-state index in [1.165, 1.54) is 6.26 Å². The van der Waals surface area contributed by atoms with Crippen molar-refractivity contribution in [1.29, 1.82) is 0 Å². The van der Waals surface area contributed by atoms with E-state index in [-0.39, 0.29) is 5.76 Å². The molecule has 0 saturated carbocycles. The summed E-state index contributed by atoms with van der Waals surface area (Å²) in [7, 11) is 0. The lowest BCUT2D eigenvalue weighted by atomic mass is 10.3. The molecule has 0 radical (unpaired) electrons. The number of furan rings is 2. The molecule has 0 unspecified atom stereocenters. The lowest BCUT2D eigenvalue weighted by Crippen LogP contribution is -2.18. The molecule has 1 amide bonds. The average molecular weight is 218 g/mol. The van der Waals surface area contributed by atoms with Crippen LogP contribution in [0.5, 0.6) is 0 Å². The van der Waals surface area contributed by atoms with Crippen molar-refractivity contribution in [1.82, 2.24) is 5.43 Å². The third kappa shape index (κ3) is 2.20. The number of hydrogen-bond donors (Lipinski definition) is 1. The van der Waals surface area contributed by atoms with Crippen molar-refractivity contribution in [3.05, 3.63) is 48.3 Å². The van der Waals surface area contributed by atoms with Crippen LogP contribution in [0.3, 0.4) is 0 Å². The number of carbonyl (C=O) groups excluding carboxylic acids is 1. The van der Waals surface area contributed by atoms with Crippen LogP contribution in [0.4, 0.5) is 0 Å². The number of nitrogens with zero attached hydrogens (tertiary/aromatic N) is 1. The third-order valence-electron chi connectivity index (χ3n) is 1.95. The van der Waals surface area contributed by atoms with Crippen molar-refractivity contribution in [3.63, 3.8) is 0 Å². The van der Waals surface area contributed by atoms with Gasteiger partial charge in [0.15, 0.2) is 5.76 Å². The highest BCUT2D eigenvalue weighted by atomic mass is 16.3. The minimum Gasteiger partial charge on any atom is -0.463 e. The standard InChI is InChI=1S/C11H10N2O3/c1-8(9-4-2-6-15-9)12-13-11(14)10-5-3-7-16-10/h2-7H,1H3,(H,13,14). The molecule has 16 heavy (non-hydrogen) atoms. The van der Waals surface area contributed by atoms with Gasteiger partial charge >= 0.3 is 5.91 Å². The molecule has 0 atom stereocenters. The van der Waals surface area contributed by atoms with Gasteiger partial charge in [0, 0.05) is 0 Å². The summed E-state index contributed by atoms with van der Waals surface area (Å²) in [5.41, 5.74) is 2.96. The number of carbonyl (C=O) groups is 1. The molecule has 5 nitrogen and oxygen atoms in total. The molecule has 0 saturated heterocycles. The molecule has 0 bridgehead atoms. The van der Waals surface area contributed by atoms with E-state index in [2.05, 4.69) is 10.5 Å². The molecular weight excluding hydrogens is 208 g/mol. The molecule has 2 aromatic rings. The Labute approximate surface area is 91.7 Å². The maximum absolute atomic E-state index is 11.4. The monoisotopic (exact) mass is 218 g/mol. The summed E-state index contributed by atoms with van der Waals surface area (Å²) in [6.45, 7) is 1.74. The van der Waals surface area contributed by atoms with Gasteiger partial charge in [-0.05, 0) is 31.2 Å². The highest BCUT2D eigenvalue weighted by Crippen LogP contribution is 2.02. The van der Waals surface area contributed by atoms with Gasteiger partial charge in [-0.2, -0.15) is 5.10 Å². The highest BCUT2D eigenvalue weighted by molar-refractivity contribution is 5.98. The molecular formula is C11H10N2O3. The molecule has 2 rings (SSSR count). The lowest BCUT2D eigenvalue weighted by Gasteiger charge is -1.97. The van der Waals surface area contributed by atoms with Gasteiger partial charge in [0.05, 0.1) is 12.5 Å². The Kier molecular flexibility index (Phi) is 2.86. The van der Waals surface area contributed by atoms with Gasteiger partial charge < -0.3 is 8.83 Å². The maximum Gasteiger partial charge on any atom is 0.307 e. The second kappa shape index (κ2) is 4.48. The number of nitrogens with one attached hydrogen (secondary N) is 1. The van der Waals surface area contributed by atoms with Crippen molar-refractivity contribution in [2.45, 2.75) is 6.92 Å². The molecule has 82 valence electrons.